The summed E-state index contributed by atoms with van der Waals surface area (Å²) in [6.07, 6.45) is 1.07. The maximum atomic E-state index is 4.64. The van der Waals surface area contributed by atoms with E-state index in [4.69, 9.17) is 0 Å². The second-order valence-electron chi connectivity index (χ2n) is 2.96. The molecule has 1 nitrogen and oxygen atoms in total. The number of rotatable bonds is 2. The Balaban J connectivity index is 2.05. The van der Waals surface area contributed by atoms with Crippen LogP contribution in [-0.2, 0) is 6.42 Å². The molecule has 0 radical (unpaired) electrons. The van der Waals surface area contributed by atoms with E-state index in [2.05, 4.69) is 40.8 Å². The van der Waals surface area contributed by atoms with Gasteiger partial charge in [-0.15, -0.1) is 23.1 Å². The van der Waals surface area contributed by atoms with Gasteiger partial charge >= 0.3 is 0 Å². The number of thiazole rings is 1. The molecule has 1 aliphatic rings. The van der Waals surface area contributed by atoms with Crippen LogP contribution in [0.1, 0.15) is 22.9 Å². The van der Waals surface area contributed by atoms with Crippen LogP contribution in [0.5, 0.6) is 0 Å². The van der Waals surface area contributed by atoms with Gasteiger partial charge in [0.25, 0.3) is 0 Å². The van der Waals surface area contributed by atoms with Crippen molar-refractivity contribution in [2.45, 2.75) is 18.6 Å². The molecule has 1 unspecified atom stereocenters. The molecule has 1 aromatic heterocycles. The predicted octanol–water partition coefficient (Wildman–Crippen LogP) is 3.23. The third kappa shape index (κ3) is 2.42. The van der Waals surface area contributed by atoms with Gasteiger partial charge in [-0.25, -0.2) is 4.98 Å². The first-order chi connectivity index (χ1) is 6.40. The molecule has 0 saturated carbocycles. The number of hydrogen-bond donors (Lipinski definition) is 0. The van der Waals surface area contributed by atoms with Crippen molar-refractivity contribution < 1.29 is 0 Å². The Kier molecular flexibility index (Phi) is 3.58. The average Bonchev–Trinajstić information content (AvgIpc) is 2.67. The fourth-order valence-electron chi connectivity index (χ4n) is 1.26. The molecule has 1 atom stereocenters. The fraction of sp³-hybridized carbons (Fsp3) is 0.667. The largest absolute Gasteiger partial charge is 0.245 e. The molecule has 0 amide bonds. The summed E-state index contributed by atoms with van der Waals surface area (Å²) in [6, 6.07) is 0. The highest BCUT2D eigenvalue weighted by molar-refractivity contribution is 8.06. The Bertz CT molecular complexity index is 266. The van der Waals surface area contributed by atoms with Gasteiger partial charge in [0.1, 0.15) is 5.01 Å². The van der Waals surface area contributed by atoms with Crippen LogP contribution in [0.4, 0.5) is 0 Å². The molecule has 2 heterocycles. The number of aromatic nitrogens is 1. The van der Waals surface area contributed by atoms with Crippen LogP contribution in [-0.4, -0.2) is 22.2 Å². The average molecular weight is 231 g/mol. The zero-order valence-corrected chi connectivity index (χ0v) is 10.1. The van der Waals surface area contributed by atoms with Crippen molar-refractivity contribution in [3.8, 4) is 0 Å². The highest BCUT2D eigenvalue weighted by Gasteiger charge is 2.19. The van der Waals surface area contributed by atoms with Crippen LogP contribution in [0.25, 0.3) is 0 Å². The van der Waals surface area contributed by atoms with Gasteiger partial charge in [-0.1, -0.05) is 6.92 Å². The summed E-state index contributed by atoms with van der Waals surface area (Å²) >= 11 is 5.96. The number of nitrogens with zero attached hydrogens (tertiary/aromatic N) is 1. The summed E-state index contributed by atoms with van der Waals surface area (Å²) in [6.45, 7) is 2.17. The van der Waals surface area contributed by atoms with E-state index < -0.39 is 0 Å². The summed E-state index contributed by atoms with van der Waals surface area (Å²) in [4.78, 5) is 4.64. The normalized spacial score (nSPS) is 23.3. The van der Waals surface area contributed by atoms with Crippen LogP contribution >= 0.6 is 34.9 Å². The summed E-state index contributed by atoms with van der Waals surface area (Å²) in [7, 11) is 0. The van der Waals surface area contributed by atoms with Crippen LogP contribution in [0.2, 0.25) is 0 Å². The fourth-order valence-corrected chi connectivity index (χ4v) is 5.17. The molecule has 1 aromatic rings. The van der Waals surface area contributed by atoms with Gasteiger partial charge in [0.15, 0.2) is 0 Å². The molecule has 1 fully saturated rings. The quantitative estimate of drug-likeness (QED) is 0.775. The third-order valence-electron chi connectivity index (χ3n) is 2.02. The van der Waals surface area contributed by atoms with Gasteiger partial charge in [0.05, 0.1) is 10.9 Å². The van der Waals surface area contributed by atoms with E-state index in [1.54, 1.807) is 0 Å². The van der Waals surface area contributed by atoms with E-state index in [0.717, 1.165) is 6.42 Å². The van der Waals surface area contributed by atoms with Crippen molar-refractivity contribution >= 4 is 34.9 Å². The molecule has 0 aliphatic carbocycles. The van der Waals surface area contributed by atoms with E-state index in [1.807, 2.05) is 11.3 Å². The number of thioether (sulfide) groups is 2. The molecular weight excluding hydrogens is 218 g/mol. The summed E-state index contributed by atoms with van der Waals surface area (Å²) in [5.41, 5.74) is 1.26. The third-order valence-corrected chi connectivity index (χ3v) is 5.94. The predicted molar refractivity (Wildman–Crippen MR) is 64.0 cm³/mol. The van der Waals surface area contributed by atoms with E-state index in [0.29, 0.717) is 5.25 Å². The smallest absolute Gasteiger partial charge is 0.107 e. The molecule has 4 heteroatoms. The summed E-state index contributed by atoms with van der Waals surface area (Å²) in [5, 5.41) is 4.22. The first kappa shape index (κ1) is 9.87. The molecule has 0 bridgehead atoms. The van der Waals surface area contributed by atoms with Gasteiger partial charge in [-0.3, -0.25) is 0 Å². The minimum Gasteiger partial charge on any atom is -0.245 e. The van der Waals surface area contributed by atoms with E-state index in [9.17, 15) is 0 Å². The van der Waals surface area contributed by atoms with Gasteiger partial charge < -0.3 is 0 Å². The molecule has 0 spiro atoms. The minimum absolute atomic E-state index is 0.670. The SMILES string of the molecule is CCc1csc(C2CSCCS2)n1. The lowest BCUT2D eigenvalue weighted by Gasteiger charge is -2.18. The van der Waals surface area contributed by atoms with Crippen molar-refractivity contribution in [1.29, 1.82) is 0 Å². The van der Waals surface area contributed by atoms with Crippen LogP contribution < -0.4 is 0 Å². The molecule has 72 valence electrons. The maximum absolute atomic E-state index is 4.64. The van der Waals surface area contributed by atoms with Gasteiger partial charge in [-0.2, -0.15) is 11.8 Å². The highest BCUT2D eigenvalue weighted by Crippen LogP contribution is 2.37. The maximum Gasteiger partial charge on any atom is 0.107 e. The Morgan fingerprint density at radius 1 is 1.54 bits per heavy atom. The standard InChI is InChI=1S/C9H13NS3/c1-2-7-5-13-9(10-7)8-6-11-3-4-12-8/h5,8H,2-4,6H2,1H3. The van der Waals surface area contributed by atoms with E-state index in [1.165, 1.54) is 28.0 Å². The van der Waals surface area contributed by atoms with Crippen LogP contribution in [0.3, 0.4) is 0 Å². The lowest BCUT2D eigenvalue weighted by atomic mass is 10.4. The van der Waals surface area contributed by atoms with E-state index in [-0.39, 0.29) is 0 Å². The molecule has 13 heavy (non-hydrogen) atoms. The Morgan fingerprint density at radius 3 is 3.08 bits per heavy atom. The highest BCUT2D eigenvalue weighted by atomic mass is 32.2. The van der Waals surface area contributed by atoms with Crippen molar-refractivity contribution in [3.63, 3.8) is 0 Å². The lowest BCUT2D eigenvalue weighted by molar-refractivity contribution is 0.992. The van der Waals surface area contributed by atoms with Gasteiger partial charge in [0, 0.05) is 22.6 Å². The zero-order chi connectivity index (χ0) is 9.10. The summed E-state index contributed by atoms with van der Waals surface area (Å²) in [5.74, 6) is 3.85. The van der Waals surface area contributed by atoms with E-state index >= 15 is 0 Å². The molecule has 2 rings (SSSR count). The topological polar surface area (TPSA) is 12.9 Å². The Hall–Kier alpha value is 0.330. The molecule has 0 aromatic carbocycles. The molecule has 1 saturated heterocycles. The Labute approximate surface area is 91.7 Å². The molecule has 0 N–H and O–H groups in total. The first-order valence-electron chi connectivity index (χ1n) is 4.54. The second-order valence-corrected chi connectivity index (χ2v) is 6.32. The van der Waals surface area contributed by atoms with Crippen molar-refractivity contribution in [2.75, 3.05) is 17.3 Å². The first-order valence-corrected chi connectivity index (χ1v) is 7.62. The zero-order valence-electron chi connectivity index (χ0n) is 7.66. The van der Waals surface area contributed by atoms with Crippen molar-refractivity contribution in [1.82, 2.24) is 4.98 Å². The van der Waals surface area contributed by atoms with Crippen molar-refractivity contribution in [2.24, 2.45) is 0 Å². The minimum atomic E-state index is 0.670. The van der Waals surface area contributed by atoms with Crippen LogP contribution in [0, 0.1) is 0 Å². The van der Waals surface area contributed by atoms with Crippen LogP contribution in [0.15, 0.2) is 5.38 Å². The van der Waals surface area contributed by atoms with Crippen molar-refractivity contribution in [3.05, 3.63) is 16.1 Å². The molecule has 1 aliphatic heterocycles. The van der Waals surface area contributed by atoms with Gasteiger partial charge in [0.2, 0.25) is 0 Å². The Morgan fingerprint density at radius 2 is 2.46 bits per heavy atom. The summed E-state index contributed by atoms with van der Waals surface area (Å²) < 4.78 is 0. The monoisotopic (exact) mass is 231 g/mol. The molecular formula is C9H13NS3. The van der Waals surface area contributed by atoms with Gasteiger partial charge in [-0.05, 0) is 6.42 Å². The number of hydrogen-bond acceptors (Lipinski definition) is 4. The number of aryl methyl sites for hydroxylation is 1. The lowest BCUT2D eigenvalue weighted by Crippen LogP contribution is -2.06. The second kappa shape index (κ2) is 4.71.